The van der Waals surface area contributed by atoms with Crippen LogP contribution in [0.2, 0.25) is 0 Å². The Morgan fingerprint density at radius 1 is 0.783 bits per heavy atom. The molecule has 1 nitrogen and oxygen atoms in total. The molecule has 0 saturated carbocycles. The molecule has 23 heavy (non-hydrogen) atoms. The molecule has 0 aromatic heterocycles. The van der Waals surface area contributed by atoms with Crippen molar-refractivity contribution in [2.45, 2.75) is 23.1 Å². The van der Waals surface area contributed by atoms with Crippen LogP contribution in [0.4, 0.5) is 0 Å². The smallest absolute Gasteiger partial charge is 0.167 e. The van der Waals surface area contributed by atoms with Crippen molar-refractivity contribution in [2.75, 3.05) is 0 Å². The fourth-order valence-corrected chi connectivity index (χ4v) is 3.15. The maximum Gasteiger partial charge on any atom is 0.167 e. The Morgan fingerprint density at radius 2 is 1.35 bits per heavy atom. The lowest BCUT2D eigenvalue weighted by Crippen LogP contribution is -2.03. The van der Waals surface area contributed by atoms with Gasteiger partial charge in [-0.05, 0) is 36.8 Å². The van der Waals surface area contributed by atoms with Crippen molar-refractivity contribution >= 4 is 17.5 Å². The first-order chi connectivity index (χ1) is 11.2. The van der Waals surface area contributed by atoms with E-state index in [1.54, 1.807) is 11.8 Å². The number of hydrogen-bond acceptors (Lipinski definition) is 2. The van der Waals surface area contributed by atoms with E-state index >= 15 is 0 Å². The number of rotatable bonds is 5. The zero-order valence-electron chi connectivity index (χ0n) is 13.0. The minimum absolute atomic E-state index is 0.156. The summed E-state index contributed by atoms with van der Waals surface area (Å²) in [5.74, 6) is 0.156. The average Bonchev–Trinajstić information content (AvgIpc) is 2.58. The predicted molar refractivity (Wildman–Crippen MR) is 96.2 cm³/mol. The summed E-state index contributed by atoms with van der Waals surface area (Å²) >= 11 is 1.71. The van der Waals surface area contributed by atoms with E-state index in [0.29, 0.717) is 6.42 Å². The van der Waals surface area contributed by atoms with Gasteiger partial charge in [-0.1, -0.05) is 71.9 Å². The minimum atomic E-state index is 0.156. The highest BCUT2D eigenvalue weighted by Gasteiger charge is 2.07. The summed E-state index contributed by atoms with van der Waals surface area (Å²) in [6.07, 6.45) is 0.450. The molecule has 3 rings (SSSR count). The van der Waals surface area contributed by atoms with Gasteiger partial charge in [-0.25, -0.2) is 0 Å². The van der Waals surface area contributed by atoms with Gasteiger partial charge in [-0.3, -0.25) is 4.79 Å². The Bertz CT molecular complexity index is 774. The molecule has 0 unspecified atom stereocenters. The van der Waals surface area contributed by atoms with Gasteiger partial charge in [-0.15, -0.1) is 0 Å². The molecule has 2 heteroatoms. The van der Waals surface area contributed by atoms with Crippen LogP contribution in [0, 0.1) is 6.92 Å². The zero-order valence-corrected chi connectivity index (χ0v) is 13.8. The molecule has 114 valence electrons. The van der Waals surface area contributed by atoms with E-state index < -0.39 is 0 Å². The van der Waals surface area contributed by atoms with Crippen LogP contribution >= 0.6 is 11.8 Å². The molecule has 3 aromatic carbocycles. The highest BCUT2D eigenvalue weighted by molar-refractivity contribution is 7.99. The summed E-state index contributed by atoms with van der Waals surface area (Å²) in [5.41, 5.74) is 3.08. The van der Waals surface area contributed by atoms with Crippen molar-refractivity contribution in [3.63, 3.8) is 0 Å². The van der Waals surface area contributed by atoms with E-state index in [2.05, 4.69) is 31.2 Å². The van der Waals surface area contributed by atoms with Gasteiger partial charge in [0.1, 0.15) is 0 Å². The molecule has 0 aliphatic rings. The number of carbonyl (C=O) groups is 1. The van der Waals surface area contributed by atoms with E-state index in [1.807, 2.05) is 54.6 Å². The monoisotopic (exact) mass is 318 g/mol. The lowest BCUT2D eigenvalue weighted by molar-refractivity contribution is 0.0993. The standard InChI is InChI=1S/C21H18OS/c1-16-7-11-19(12-8-16)23-20-13-9-18(10-14-20)21(22)15-17-5-3-2-4-6-17/h2-14H,15H2,1H3. The summed E-state index contributed by atoms with van der Waals surface area (Å²) < 4.78 is 0. The Labute approximate surface area is 141 Å². The Morgan fingerprint density at radius 3 is 1.96 bits per heavy atom. The molecule has 0 saturated heterocycles. The number of hydrogen-bond donors (Lipinski definition) is 0. The maximum absolute atomic E-state index is 12.3. The van der Waals surface area contributed by atoms with E-state index in [9.17, 15) is 4.79 Å². The van der Waals surface area contributed by atoms with Crippen molar-refractivity contribution in [3.05, 3.63) is 95.6 Å². The quantitative estimate of drug-likeness (QED) is 0.572. The molecule has 0 heterocycles. The first-order valence-electron chi connectivity index (χ1n) is 7.62. The number of Topliss-reactive ketones (excluding diaryl/α,β-unsaturated/α-hetero) is 1. The second kappa shape index (κ2) is 7.30. The molecule has 0 amide bonds. The highest BCUT2D eigenvalue weighted by Crippen LogP contribution is 2.28. The number of ketones is 1. The summed E-state index contributed by atoms with van der Waals surface area (Å²) in [6, 6.07) is 26.2. The van der Waals surface area contributed by atoms with E-state index in [1.165, 1.54) is 10.5 Å². The van der Waals surface area contributed by atoms with Crippen LogP contribution < -0.4 is 0 Å². The molecule has 0 aliphatic heterocycles. The maximum atomic E-state index is 12.3. The first-order valence-corrected chi connectivity index (χ1v) is 8.44. The van der Waals surface area contributed by atoms with E-state index in [-0.39, 0.29) is 5.78 Å². The molecule has 0 atom stereocenters. The third-order valence-corrected chi connectivity index (χ3v) is 4.66. The lowest BCUT2D eigenvalue weighted by atomic mass is 10.0. The number of aryl methyl sites for hydroxylation is 1. The second-order valence-corrected chi connectivity index (χ2v) is 6.67. The molecule has 0 bridgehead atoms. The van der Waals surface area contributed by atoms with Crippen molar-refractivity contribution in [1.29, 1.82) is 0 Å². The van der Waals surface area contributed by atoms with Crippen LogP contribution in [0.15, 0.2) is 88.7 Å². The van der Waals surface area contributed by atoms with Gasteiger partial charge < -0.3 is 0 Å². The van der Waals surface area contributed by atoms with E-state index in [4.69, 9.17) is 0 Å². The molecule has 0 radical (unpaired) electrons. The first kappa shape index (κ1) is 15.6. The van der Waals surface area contributed by atoms with Crippen molar-refractivity contribution in [2.24, 2.45) is 0 Å². The molecule has 0 fully saturated rings. The second-order valence-electron chi connectivity index (χ2n) is 5.53. The van der Waals surface area contributed by atoms with Crippen molar-refractivity contribution in [1.82, 2.24) is 0 Å². The fraction of sp³-hybridized carbons (Fsp3) is 0.0952. The molecule has 3 aromatic rings. The summed E-state index contributed by atoms with van der Waals surface area (Å²) in [6.45, 7) is 2.08. The molecule has 0 N–H and O–H groups in total. The summed E-state index contributed by atoms with van der Waals surface area (Å²) in [7, 11) is 0. The third kappa shape index (κ3) is 4.33. The van der Waals surface area contributed by atoms with Crippen molar-refractivity contribution < 1.29 is 4.79 Å². The lowest BCUT2D eigenvalue weighted by Gasteiger charge is -2.05. The van der Waals surface area contributed by atoms with Crippen LogP contribution in [0.1, 0.15) is 21.5 Å². The number of benzene rings is 3. The Hall–Kier alpha value is -2.32. The summed E-state index contributed by atoms with van der Waals surface area (Å²) in [5, 5.41) is 0. The largest absolute Gasteiger partial charge is 0.294 e. The molecule has 0 aliphatic carbocycles. The number of carbonyl (C=O) groups excluding carboxylic acids is 1. The molecular weight excluding hydrogens is 300 g/mol. The van der Waals surface area contributed by atoms with Gasteiger partial charge >= 0.3 is 0 Å². The third-order valence-electron chi connectivity index (χ3n) is 3.64. The normalized spacial score (nSPS) is 10.5. The highest BCUT2D eigenvalue weighted by atomic mass is 32.2. The van der Waals surface area contributed by atoms with Crippen LogP contribution in [0.3, 0.4) is 0 Å². The fourth-order valence-electron chi connectivity index (χ4n) is 2.33. The predicted octanol–water partition coefficient (Wildman–Crippen LogP) is 5.57. The van der Waals surface area contributed by atoms with Gasteiger partial charge in [0.05, 0.1) is 0 Å². The van der Waals surface area contributed by atoms with E-state index in [0.717, 1.165) is 16.0 Å². The van der Waals surface area contributed by atoms with Crippen LogP contribution in [-0.4, -0.2) is 5.78 Å². The average molecular weight is 318 g/mol. The Kier molecular flexibility index (Phi) is 4.94. The zero-order chi connectivity index (χ0) is 16.1. The van der Waals surface area contributed by atoms with Crippen LogP contribution in [0.5, 0.6) is 0 Å². The minimum Gasteiger partial charge on any atom is -0.294 e. The Balaban J connectivity index is 1.66. The molecular formula is C21H18OS. The van der Waals surface area contributed by atoms with Gasteiger partial charge in [0.15, 0.2) is 5.78 Å². The SMILES string of the molecule is Cc1ccc(Sc2ccc(C(=O)Cc3ccccc3)cc2)cc1. The summed E-state index contributed by atoms with van der Waals surface area (Å²) in [4.78, 5) is 14.7. The van der Waals surface area contributed by atoms with Gasteiger partial charge in [-0.2, -0.15) is 0 Å². The topological polar surface area (TPSA) is 17.1 Å². The van der Waals surface area contributed by atoms with Crippen LogP contribution in [-0.2, 0) is 6.42 Å². The van der Waals surface area contributed by atoms with Gasteiger partial charge in [0.25, 0.3) is 0 Å². The van der Waals surface area contributed by atoms with Crippen molar-refractivity contribution in [3.8, 4) is 0 Å². The van der Waals surface area contributed by atoms with Gasteiger partial charge in [0, 0.05) is 21.8 Å². The van der Waals surface area contributed by atoms with Gasteiger partial charge in [0.2, 0.25) is 0 Å². The van der Waals surface area contributed by atoms with Crippen LogP contribution in [0.25, 0.3) is 0 Å². The molecule has 0 spiro atoms.